The number of pyridine rings is 2. The molecule has 0 spiro atoms. The molecule has 2 aliphatic heterocycles. The molecular weight excluding hydrogens is 516 g/mol. The summed E-state index contributed by atoms with van der Waals surface area (Å²) in [6.07, 6.45) is 7.16. The summed E-state index contributed by atoms with van der Waals surface area (Å²) in [6, 6.07) is 13.4. The van der Waals surface area contributed by atoms with Crippen LogP contribution in [0.5, 0.6) is 0 Å². The minimum atomic E-state index is -0.547. The van der Waals surface area contributed by atoms with Crippen LogP contribution >= 0.6 is 0 Å². The van der Waals surface area contributed by atoms with E-state index in [1.165, 1.54) is 18.2 Å². The number of carbonyl (C=O) groups is 1. The number of nitrogens with zero attached hydrogens (tertiary/aromatic N) is 6. The van der Waals surface area contributed by atoms with Gasteiger partial charge in [0.25, 0.3) is 11.4 Å². The summed E-state index contributed by atoms with van der Waals surface area (Å²) in [5, 5.41) is 31.2. The minimum Gasteiger partial charge on any atom is -0.391 e. The number of hydrogen-bond acceptors (Lipinski definition) is 10. The lowest BCUT2D eigenvalue weighted by atomic mass is 9.97. The Hall–Kier alpha value is -5.49. The second kappa shape index (κ2) is 11.1. The van der Waals surface area contributed by atoms with Crippen molar-refractivity contribution in [2.75, 3.05) is 0 Å². The van der Waals surface area contributed by atoms with E-state index in [2.05, 4.69) is 20.0 Å². The van der Waals surface area contributed by atoms with Gasteiger partial charge in [-0.3, -0.25) is 45.0 Å². The summed E-state index contributed by atoms with van der Waals surface area (Å²) in [4.78, 5) is 48.6. The number of rotatable bonds is 6. The Bertz CT molecular complexity index is 1700. The Morgan fingerprint density at radius 3 is 1.68 bits per heavy atom. The number of aromatic nitrogens is 2. The summed E-state index contributed by atoms with van der Waals surface area (Å²) in [5.74, 6) is 0. The monoisotopic (exact) mass is 536 g/mol. The van der Waals surface area contributed by atoms with Crippen LogP contribution in [0.25, 0.3) is 0 Å². The number of nitro benzene ring substituents is 2. The van der Waals surface area contributed by atoms with Crippen LogP contribution in [0, 0.1) is 20.2 Å². The number of aliphatic hydroxyl groups is 1. The van der Waals surface area contributed by atoms with Gasteiger partial charge in [0.15, 0.2) is 6.29 Å². The molecule has 0 amide bonds. The highest BCUT2D eigenvalue weighted by Crippen LogP contribution is 2.31. The fourth-order valence-electron chi connectivity index (χ4n) is 4.59. The highest BCUT2D eigenvalue weighted by atomic mass is 16.6. The van der Waals surface area contributed by atoms with Gasteiger partial charge in [0.1, 0.15) is 0 Å². The van der Waals surface area contributed by atoms with Crippen LogP contribution in [-0.2, 0) is 19.7 Å². The largest absolute Gasteiger partial charge is 0.391 e. The maximum Gasteiger partial charge on any atom is 0.280 e. The number of nitro groups is 2. The molecule has 12 nitrogen and oxygen atoms in total. The lowest BCUT2D eigenvalue weighted by Crippen LogP contribution is -2.04. The van der Waals surface area contributed by atoms with Crippen molar-refractivity contribution in [2.24, 2.45) is 9.98 Å². The van der Waals surface area contributed by atoms with Gasteiger partial charge < -0.3 is 5.11 Å². The van der Waals surface area contributed by atoms with Gasteiger partial charge in [-0.15, -0.1) is 0 Å². The highest BCUT2D eigenvalue weighted by molar-refractivity contribution is 6.16. The Morgan fingerprint density at radius 1 is 0.750 bits per heavy atom. The Kier molecular flexibility index (Phi) is 7.25. The minimum absolute atomic E-state index is 0.0579. The van der Waals surface area contributed by atoms with Crippen molar-refractivity contribution in [1.82, 2.24) is 9.97 Å². The molecule has 0 aliphatic carbocycles. The summed E-state index contributed by atoms with van der Waals surface area (Å²) >= 11 is 0. The fourth-order valence-corrected chi connectivity index (χ4v) is 4.59. The van der Waals surface area contributed by atoms with Crippen LogP contribution < -0.4 is 0 Å². The van der Waals surface area contributed by atoms with Gasteiger partial charge in [-0.05, 0) is 47.5 Å². The molecule has 12 heteroatoms. The topological polar surface area (TPSA) is 174 Å². The maximum absolute atomic E-state index is 11.0. The van der Waals surface area contributed by atoms with Crippen LogP contribution in [-0.4, -0.2) is 42.6 Å². The van der Waals surface area contributed by atoms with E-state index < -0.39 is 9.85 Å². The third-order valence-electron chi connectivity index (χ3n) is 6.48. The predicted molar refractivity (Wildman–Crippen MR) is 145 cm³/mol. The van der Waals surface area contributed by atoms with E-state index in [-0.39, 0.29) is 23.5 Å². The first-order chi connectivity index (χ1) is 19.4. The van der Waals surface area contributed by atoms with Gasteiger partial charge in [-0.2, -0.15) is 0 Å². The molecule has 0 saturated carbocycles. The van der Waals surface area contributed by atoms with E-state index in [9.17, 15) is 30.1 Å². The number of aliphatic imine (C=N–C) groups is 2. The van der Waals surface area contributed by atoms with Crippen LogP contribution in [0.1, 0.15) is 49.3 Å². The Morgan fingerprint density at radius 2 is 1.23 bits per heavy atom. The van der Waals surface area contributed by atoms with E-state index in [1.807, 2.05) is 24.3 Å². The molecule has 40 heavy (non-hydrogen) atoms. The lowest BCUT2D eigenvalue weighted by Gasteiger charge is -2.06. The quantitative estimate of drug-likeness (QED) is 0.219. The van der Waals surface area contributed by atoms with Crippen LogP contribution in [0.3, 0.4) is 0 Å². The van der Waals surface area contributed by atoms with Gasteiger partial charge in [0.2, 0.25) is 0 Å². The molecule has 0 fully saturated rings. The molecular formula is C28H20N6O6. The molecule has 2 aromatic carbocycles. The summed E-state index contributed by atoms with van der Waals surface area (Å²) in [5.41, 5.74) is 6.62. The number of aliphatic hydroxyl groups excluding tert-OH is 1. The molecule has 0 unspecified atom stereocenters. The molecule has 0 radical (unpaired) electrons. The van der Waals surface area contributed by atoms with Crippen LogP contribution in [0.15, 0.2) is 83.3 Å². The fraction of sp³-hybridized carbons (Fsp3) is 0.107. The van der Waals surface area contributed by atoms with E-state index in [0.717, 1.165) is 44.8 Å². The SMILES string of the molecule is O=Cc1cc2c(cc1[N+](=O)[O-])CN=C2c1ccncc1.O=[N+]([O-])c1cc2c(cc1CO)C(c1ccncc1)=NC2. The van der Waals surface area contributed by atoms with Crippen molar-refractivity contribution >= 4 is 29.1 Å². The summed E-state index contributed by atoms with van der Waals surface area (Å²) in [7, 11) is 0. The van der Waals surface area contributed by atoms with Gasteiger partial charge in [-0.1, -0.05) is 0 Å². The molecule has 2 aliphatic rings. The van der Waals surface area contributed by atoms with Crippen LogP contribution in [0.2, 0.25) is 0 Å². The van der Waals surface area contributed by atoms with Crippen LogP contribution in [0.4, 0.5) is 11.4 Å². The molecule has 6 rings (SSSR count). The number of benzene rings is 2. The van der Waals surface area contributed by atoms with Crippen molar-refractivity contribution in [2.45, 2.75) is 19.7 Å². The third kappa shape index (κ3) is 4.98. The van der Waals surface area contributed by atoms with Gasteiger partial charge >= 0.3 is 0 Å². The Labute approximate surface area is 226 Å². The van der Waals surface area contributed by atoms with E-state index >= 15 is 0 Å². The molecule has 0 atom stereocenters. The molecule has 4 heterocycles. The van der Waals surface area contributed by atoms with Crippen molar-refractivity contribution in [3.05, 3.63) is 138 Å². The second-order valence-corrected chi connectivity index (χ2v) is 8.80. The zero-order valence-corrected chi connectivity index (χ0v) is 20.8. The van der Waals surface area contributed by atoms with E-state index in [1.54, 1.807) is 30.9 Å². The predicted octanol–water partition coefficient (Wildman–Crippen LogP) is 3.99. The first kappa shape index (κ1) is 26.1. The standard InChI is InChI=1S/C14H11N3O3.C14H9N3O3/c2*18-8-11-5-12-10(6-13(11)17(19)20)7-16-14(12)9-1-3-15-4-2-9/h1-6,18H,7-8H2;1-6,8H,7H2. The van der Waals surface area contributed by atoms with Gasteiger partial charge in [0, 0.05) is 59.2 Å². The number of fused-ring (bicyclic) bond motifs is 2. The third-order valence-corrected chi connectivity index (χ3v) is 6.48. The van der Waals surface area contributed by atoms with E-state index in [0.29, 0.717) is 24.9 Å². The molecule has 198 valence electrons. The molecule has 4 aromatic rings. The zero-order chi connectivity index (χ0) is 28.2. The summed E-state index contributed by atoms with van der Waals surface area (Å²) in [6.45, 7) is 0.430. The van der Waals surface area contributed by atoms with Crippen molar-refractivity contribution < 1.29 is 19.7 Å². The van der Waals surface area contributed by atoms with E-state index in [4.69, 9.17) is 0 Å². The molecule has 0 bridgehead atoms. The lowest BCUT2D eigenvalue weighted by molar-refractivity contribution is -0.385. The number of hydrogen-bond donors (Lipinski definition) is 1. The van der Waals surface area contributed by atoms with Crippen molar-refractivity contribution in [1.29, 1.82) is 0 Å². The van der Waals surface area contributed by atoms with Gasteiger partial charge in [0.05, 0.1) is 52.1 Å². The molecule has 0 saturated heterocycles. The molecule has 2 aromatic heterocycles. The zero-order valence-electron chi connectivity index (χ0n) is 20.8. The first-order valence-corrected chi connectivity index (χ1v) is 12.0. The average Bonchev–Trinajstić information content (AvgIpc) is 3.60. The average molecular weight is 537 g/mol. The smallest absolute Gasteiger partial charge is 0.280 e. The Balaban J connectivity index is 0.000000161. The first-order valence-electron chi connectivity index (χ1n) is 12.0. The highest BCUT2D eigenvalue weighted by Gasteiger charge is 2.25. The number of carbonyl (C=O) groups excluding carboxylic acids is 1. The maximum atomic E-state index is 11.0. The normalized spacial score (nSPS) is 12.8. The second-order valence-electron chi connectivity index (χ2n) is 8.80. The number of aldehydes is 1. The van der Waals surface area contributed by atoms with Crippen molar-refractivity contribution in [3.8, 4) is 0 Å². The summed E-state index contributed by atoms with van der Waals surface area (Å²) < 4.78 is 0. The van der Waals surface area contributed by atoms with Gasteiger partial charge in [-0.25, -0.2) is 0 Å². The molecule has 1 N–H and O–H groups in total. The van der Waals surface area contributed by atoms with Crippen molar-refractivity contribution in [3.63, 3.8) is 0 Å².